The number of amides is 1. The standard InChI is InChI=1S/C20H22FN3O/c21-17-6-4-14(5-7-17)20(25)23-19-12-16(13-22-19)15-8-10-24-9-2-1-3-18(24)11-15/h4-8,12-13,18,22H,1-3,9-11H2,(H,23,25). The minimum atomic E-state index is -0.347. The SMILES string of the molecule is O=C(Nc1cc(C2=CCN3CCCCC3C2)c[nH]1)c1ccc(F)cc1. The van der Waals surface area contributed by atoms with Crippen LogP contribution >= 0.6 is 0 Å². The fourth-order valence-electron chi connectivity index (χ4n) is 3.78. The molecule has 1 unspecified atom stereocenters. The summed E-state index contributed by atoms with van der Waals surface area (Å²) in [6, 6.07) is 8.17. The Hall–Kier alpha value is -2.40. The Bertz CT molecular complexity index is 794. The van der Waals surface area contributed by atoms with Gasteiger partial charge >= 0.3 is 0 Å². The summed E-state index contributed by atoms with van der Waals surface area (Å²) in [5, 5.41) is 2.84. The Balaban J connectivity index is 1.44. The van der Waals surface area contributed by atoms with Gasteiger partial charge in [0.2, 0.25) is 0 Å². The number of carbonyl (C=O) groups excluding carboxylic acids is 1. The van der Waals surface area contributed by atoms with Crippen LogP contribution < -0.4 is 5.32 Å². The number of benzene rings is 1. The molecular weight excluding hydrogens is 317 g/mol. The maximum atomic E-state index is 13.0. The van der Waals surface area contributed by atoms with E-state index in [4.69, 9.17) is 0 Å². The molecule has 0 radical (unpaired) electrons. The van der Waals surface area contributed by atoms with E-state index in [0.717, 1.165) is 18.5 Å². The third-order valence-electron chi connectivity index (χ3n) is 5.19. The van der Waals surface area contributed by atoms with E-state index in [0.29, 0.717) is 17.4 Å². The van der Waals surface area contributed by atoms with Crippen LogP contribution in [0.3, 0.4) is 0 Å². The second-order valence-corrected chi connectivity index (χ2v) is 6.84. The van der Waals surface area contributed by atoms with Crippen molar-refractivity contribution in [2.24, 2.45) is 0 Å². The molecule has 1 aromatic carbocycles. The molecule has 0 spiro atoms. The zero-order valence-electron chi connectivity index (χ0n) is 14.1. The molecule has 3 heterocycles. The highest BCUT2D eigenvalue weighted by Gasteiger charge is 2.26. The molecule has 4 rings (SSSR count). The predicted octanol–water partition coefficient (Wildman–Crippen LogP) is 4.05. The van der Waals surface area contributed by atoms with Crippen LogP contribution in [0.1, 0.15) is 41.6 Å². The number of piperidine rings is 1. The zero-order valence-corrected chi connectivity index (χ0v) is 14.1. The maximum absolute atomic E-state index is 13.0. The highest BCUT2D eigenvalue weighted by atomic mass is 19.1. The van der Waals surface area contributed by atoms with E-state index in [2.05, 4.69) is 21.3 Å². The van der Waals surface area contributed by atoms with Crippen molar-refractivity contribution in [3.63, 3.8) is 0 Å². The normalized spacial score (nSPS) is 20.7. The van der Waals surface area contributed by atoms with Gasteiger partial charge in [-0.25, -0.2) is 4.39 Å². The van der Waals surface area contributed by atoms with Crippen LogP contribution in [0.5, 0.6) is 0 Å². The van der Waals surface area contributed by atoms with Crippen molar-refractivity contribution in [3.8, 4) is 0 Å². The second-order valence-electron chi connectivity index (χ2n) is 6.84. The summed E-state index contributed by atoms with van der Waals surface area (Å²) >= 11 is 0. The molecule has 4 nitrogen and oxygen atoms in total. The van der Waals surface area contributed by atoms with Crippen LogP contribution in [-0.4, -0.2) is 34.9 Å². The number of H-pyrrole nitrogens is 1. The van der Waals surface area contributed by atoms with Gasteiger partial charge in [0.05, 0.1) is 0 Å². The van der Waals surface area contributed by atoms with Crippen LogP contribution in [0.15, 0.2) is 42.6 Å². The fraction of sp³-hybridized carbons (Fsp3) is 0.350. The molecule has 2 aliphatic rings. The molecule has 0 aliphatic carbocycles. The molecule has 1 amide bonds. The first-order valence-electron chi connectivity index (χ1n) is 8.88. The molecule has 2 aromatic rings. The first kappa shape index (κ1) is 16.1. The van der Waals surface area contributed by atoms with Crippen molar-refractivity contribution in [1.82, 2.24) is 9.88 Å². The average molecular weight is 339 g/mol. The van der Waals surface area contributed by atoms with Crippen molar-refractivity contribution in [2.75, 3.05) is 18.4 Å². The third kappa shape index (κ3) is 3.51. The number of aromatic nitrogens is 1. The van der Waals surface area contributed by atoms with E-state index in [1.165, 1.54) is 55.6 Å². The van der Waals surface area contributed by atoms with Gasteiger partial charge in [-0.05, 0) is 67.3 Å². The minimum Gasteiger partial charge on any atom is -0.348 e. The molecule has 1 aromatic heterocycles. The number of nitrogens with one attached hydrogen (secondary N) is 2. The largest absolute Gasteiger partial charge is 0.348 e. The molecule has 1 fully saturated rings. The lowest BCUT2D eigenvalue weighted by Gasteiger charge is -2.38. The lowest BCUT2D eigenvalue weighted by atomic mass is 9.90. The molecule has 2 N–H and O–H groups in total. The number of hydrogen-bond donors (Lipinski definition) is 2. The van der Waals surface area contributed by atoms with Crippen LogP contribution in [0.25, 0.3) is 5.57 Å². The van der Waals surface area contributed by atoms with E-state index in [1.807, 2.05) is 12.3 Å². The topological polar surface area (TPSA) is 48.1 Å². The summed E-state index contributed by atoms with van der Waals surface area (Å²) in [7, 11) is 0. The molecule has 130 valence electrons. The number of hydrogen-bond acceptors (Lipinski definition) is 2. The van der Waals surface area contributed by atoms with Crippen LogP contribution in [0.4, 0.5) is 10.2 Å². The van der Waals surface area contributed by atoms with Gasteiger partial charge in [-0.1, -0.05) is 12.5 Å². The molecule has 0 saturated carbocycles. The Kier molecular flexibility index (Phi) is 4.40. The van der Waals surface area contributed by atoms with Gasteiger partial charge in [0, 0.05) is 24.3 Å². The molecule has 1 saturated heterocycles. The van der Waals surface area contributed by atoms with Crippen molar-refractivity contribution in [3.05, 3.63) is 59.5 Å². The number of anilines is 1. The van der Waals surface area contributed by atoms with Crippen LogP contribution in [0, 0.1) is 5.82 Å². The average Bonchev–Trinajstić information content (AvgIpc) is 3.10. The Morgan fingerprint density at radius 1 is 1.24 bits per heavy atom. The van der Waals surface area contributed by atoms with Crippen molar-refractivity contribution in [1.29, 1.82) is 0 Å². The lowest BCUT2D eigenvalue weighted by Crippen LogP contribution is -2.41. The van der Waals surface area contributed by atoms with E-state index in [-0.39, 0.29) is 11.7 Å². The minimum absolute atomic E-state index is 0.246. The number of rotatable bonds is 3. The van der Waals surface area contributed by atoms with E-state index in [1.54, 1.807) is 0 Å². The third-order valence-corrected chi connectivity index (χ3v) is 5.19. The zero-order chi connectivity index (χ0) is 17.2. The van der Waals surface area contributed by atoms with E-state index < -0.39 is 0 Å². The Labute approximate surface area is 146 Å². The van der Waals surface area contributed by atoms with Crippen LogP contribution in [-0.2, 0) is 0 Å². The smallest absolute Gasteiger partial charge is 0.256 e. The molecule has 2 aliphatic heterocycles. The summed E-state index contributed by atoms with van der Waals surface area (Å²) in [4.78, 5) is 17.9. The molecule has 0 bridgehead atoms. The van der Waals surface area contributed by atoms with Crippen molar-refractivity contribution >= 4 is 17.3 Å². The van der Waals surface area contributed by atoms with Gasteiger partial charge < -0.3 is 10.3 Å². The van der Waals surface area contributed by atoms with Crippen LogP contribution in [0.2, 0.25) is 0 Å². The molecular formula is C20H22FN3O. The first-order chi connectivity index (χ1) is 12.2. The number of nitrogens with zero attached hydrogens (tertiary/aromatic N) is 1. The summed E-state index contributed by atoms with van der Waals surface area (Å²) in [5.74, 6) is 0.0699. The predicted molar refractivity (Wildman–Crippen MR) is 97.0 cm³/mol. The van der Waals surface area contributed by atoms with Gasteiger partial charge in [-0.2, -0.15) is 0 Å². The molecule has 25 heavy (non-hydrogen) atoms. The fourth-order valence-corrected chi connectivity index (χ4v) is 3.78. The van der Waals surface area contributed by atoms with E-state index >= 15 is 0 Å². The number of fused-ring (bicyclic) bond motifs is 1. The van der Waals surface area contributed by atoms with Gasteiger partial charge in [0.15, 0.2) is 0 Å². The Morgan fingerprint density at radius 3 is 2.92 bits per heavy atom. The maximum Gasteiger partial charge on any atom is 0.256 e. The molecule has 1 atom stereocenters. The number of aromatic amines is 1. The van der Waals surface area contributed by atoms with Gasteiger partial charge in [0.1, 0.15) is 11.6 Å². The van der Waals surface area contributed by atoms with Gasteiger partial charge in [-0.3, -0.25) is 9.69 Å². The quantitative estimate of drug-likeness (QED) is 0.886. The summed E-state index contributed by atoms with van der Waals surface area (Å²) < 4.78 is 13.0. The monoisotopic (exact) mass is 339 g/mol. The van der Waals surface area contributed by atoms with E-state index in [9.17, 15) is 9.18 Å². The highest BCUT2D eigenvalue weighted by Crippen LogP contribution is 2.32. The van der Waals surface area contributed by atoms with Gasteiger partial charge in [-0.15, -0.1) is 0 Å². The van der Waals surface area contributed by atoms with Crippen molar-refractivity contribution in [2.45, 2.75) is 31.7 Å². The summed E-state index contributed by atoms with van der Waals surface area (Å²) in [6.45, 7) is 2.23. The molecule has 5 heteroatoms. The number of carbonyl (C=O) groups is 1. The number of halogens is 1. The first-order valence-corrected chi connectivity index (χ1v) is 8.88. The van der Waals surface area contributed by atoms with Crippen molar-refractivity contribution < 1.29 is 9.18 Å². The van der Waals surface area contributed by atoms with Gasteiger partial charge in [0.25, 0.3) is 5.91 Å². The highest BCUT2D eigenvalue weighted by molar-refractivity contribution is 6.03. The second kappa shape index (κ2) is 6.84. The lowest BCUT2D eigenvalue weighted by molar-refractivity contribution is 0.102. The summed E-state index contributed by atoms with van der Waals surface area (Å²) in [6.07, 6.45) is 9.23. The summed E-state index contributed by atoms with van der Waals surface area (Å²) in [5.41, 5.74) is 2.92. The Morgan fingerprint density at radius 2 is 2.08 bits per heavy atom.